The number of Topliss-reactive ketones (excluding diaryl/α,β-unsaturated/α-hetero) is 3. The standard InChI is InChI=1S/C14H13ClO5S.C8H14ClN5/c1-21(19,20)8-5-6-9(10(15)7-8)14(18)13-11(16)3-2-4-12(13)17;1-4-10-7-12-6(9)13-8(14-7)11-5(2)3/h5-7,13H,2-4H2,1H3;5H,4H2,1-3H3,(H2,10,11,12,13,14). The molecule has 0 unspecified atom stereocenters. The highest BCUT2D eigenvalue weighted by molar-refractivity contribution is 7.90. The van der Waals surface area contributed by atoms with Crippen LogP contribution in [0.15, 0.2) is 23.1 Å². The van der Waals surface area contributed by atoms with Crippen LogP contribution in [0.4, 0.5) is 11.9 Å². The van der Waals surface area contributed by atoms with E-state index in [2.05, 4.69) is 25.6 Å². The van der Waals surface area contributed by atoms with Crippen LogP contribution >= 0.6 is 23.2 Å². The Morgan fingerprint density at radius 1 is 1.09 bits per heavy atom. The second-order valence-electron chi connectivity index (χ2n) is 8.08. The van der Waals surface area contributed by atoms with Gasteiger partial charge in [0.25, 0.3) is 0 Å². The Labute approximate surface area is 214 Å². The van der Waals surface area contributed by atoms with E-state index in [1.54, 1.807) is 0 Å². The predicted octanol–water partition coefficient (Wildman–Crippen LogP) is 3.64. The summed E-state index contributed by atoms with van der Waals surface area (Å²) in [7, 11) is -3.44. The van der Waals surface area contributed by atoms with Gasteiger partial charge < -0.3 is 10.6 Å². The minimum absolute atomic E-state index is 0.00216. The average Bonchev–Trinajstić information content (AvgIpc) is 2.72. The van der Waals surface area contributed by atoms with Crippen LogP contribution in [0.25, 0.3) is 0 Å². The molecule has 190 valence electrons. The van der Waals surface area contributed by atoms with Crippen LogP contribution in [0.5, 0.6) is 0 Å². The van der Waals surface area contributed by atoms with Gasteiger partial charge in [-0.05, 0) is 57.0 Å². The summed E-state index contributed by atoms with van der Waals surface area (Å²) < 4.78 is 22.8. The van der Waals surface area contributed by atoms with Gasteiger partial charge in [-0.15, -0.1) is 0 Å². The van der Waals surface area contributed by atoms with Crippen molar-refractivity contribution in [2.75, 3.05) is 23.4 Å². The lowest BCUT2D eigenvalue weighted by atomic mass is 9.82. The number of halogens is 2. The molecule has 0 saturated heterocycles. The molecule has 1 heterocycles. The van der Waals surface area contributed by atoms with Gasteiger partial charge in [0, 0.05) is 37.2 Å². The molecule has 0 aliphatic heterocycles. The van der Waals surface area contributed by atoms with Crippen molar-refractivity contribution >= 4 is 62.3 Å². The fourth-order valence-electron chi connectivity index (χ4n) is 3.19. The molecule has 0 atom stereocenters. The number of aromatic nitrogens is 3. The molecule has 0 amide bonds. The van der Waals surface area contributed by atoms with Crippen LogP contribution in [0.1, 0.15) is 50.4 Å². The molecular formula is C22H27Cl2N5O5S. The first-order valence-electron chi connectivity index (χ1n) is 10.8. The van der Waals surface area contributed by atoms with Gasteiger partial charge in [0.15, 0.2) is 27.2 Å². The van der Waals surface area contributed by atoms with E-state index in [0.717, 1.165) is 18.9 Å². The van der Waals surface area contributed by atoms with Gasteiger partial charge in [-0.2, -0.15) is 15.0 Å². The summed E-state index contributed by atoms with van der Waals surface area (Å²) in [6.07, 6.45) is 1.87. The molecule has 2 aromatic rings. The molecular weight excluding hydrogens is 517 g/mol. The van der Waals surface area contributed by atoms with Crippen molar-refractivity contribution in [1.29, 1.82) is 0 Å². The highest BCUT2D eigenvalue weighted by Gasteiger charge is 2.37. The molecule has 2 N–H and O–H groups in total. The molecule has 1 aromatic heterocycles. The zero-order valence-electron chi connectivity index (χ0n) is 19.8. The lowest BCUT2D eigenvalue weighted by Crippen LogP contribution is -2.35. The van der Waals surface area contributed by atoms with Gasteiger partial charge in [-0.25, -0.2) is 8.42 Å². The van der Waals surface area contributed by atoms with Crippen LogP contribution in [0, 0.1) is 5.92 Å². The van der Waals surface area contributed by atoms with Crippen molar-refractivity contribution in [2.45, 2.75) is 51.0 Å². The predicted molar refractivity (Wildman–Crippen MR) is 134 cm³/mol. The zero-order valence-corrected chi connectivity index (χ0v) is 22.1. The number of rotatable bonds is 7. The number of nitrogens with one attached hydrogen (secondary N) is 2. The van der Waals surface area contributed by atoms with E-state index in [0.29, 0.717) is 18.3 Å². The van der Waals surface area contributed by atoms with Gasteiger partial charge in [-0.3, -0.25) is 14.4 Å². The van der Waals surface area contributed by atoms with Crippen molar-refractivity contribution < 1.29 is 22.8 Å². The number of benzene rings is 1. The molecule has 0 radical (unpaired) electrons. The molecule has 0 spiro atoms. The normalized spacial score (nSPS) is 14.4. The first-order chi connectivity index (χ1) is 16.3. The summed E-state index contributed by atoms with van der Waals surface area (Å²) in [5.74, 6) is -1.78. The third kappa shape index (κ3) is 8.22. The smallest absolute Gasteiger partial charge is 0.228 e. The van der Waals surface area contributed by atoms with Crippen molar-refractivity contribution in [3.05, 3.63) is 34.1 Å². The molecule has 1 saturated carbocycles. The summed E-state index contributed by atoms with van der Waals surface area (Å²) >= 11 is 11.7. The SMILES string of the molecule is CCNc1nc(Cl)nc(NC(C)C)n1.CS(=O)(=O)c1ccc(C(=O)C2C(=O)CCCC2=O)c(Cl)c1. The molecule has 13 heteroatoms. The van der Waals surface area contributed by atoms with Gasteiger partial charge in [0.05, 0.1) is 9.92 Å². The summed E-state index contributed by atoms with van der Waals surface area (Å²) in [5, 5.41) is 6.15. The first-order valence-corrected chi connectivity index (χ1v) is 13.5. The molecule has 35 heavy (non-hydrogen) atoms. The maximum absolute atomic E-state index is 12.3. The highest BCUT2D eigenvalue weighted by Crippen LogP contribution is 2.27. The van der Waals surface area contributed by atoms with E-state index in [4.69, 9.17) is 23.2 Å². The fraction of sp³-hybridized carbons (Fsp3) is 0.455. The molecule has 1 fully saturated rings. The molecule has 1 aromatic carbocycles. The Morgan fingerprint density at radius 2 is 1.69 bits per heavy atom. The third-order valence-electron chi connectivity index (χ3n) is 4.75. The molecule has 1 aliphatic carbocycles. The topological polar surface area (TPSA) is 148 Å². The summed E-state index contributed by atoms with van der Waals surface area (Å²) in [6, 6.07) is 3.91. The van der Waals surface area contributed by atoms with E-state index >= 15 is 0 Å². The second kappa shape index (κ2) is 12.4. The van der Waals surface area contributed by atoms with Crippen LogP contribution < -0.4 is 10.6 Å². The Balaban J connectivity index is 0.000000269. The van der Waals surface area contributed by atoms with Crippen molar-refractivity contribution in [3.8, 4) is 0 Å². The lowest BCUT2D eigenvalue weighted by Gasteiger charge is -2.18. The number of nitrogens with zero attached hydrogens (tertiary/aromatic N) is 3. The molecule has 0 bridgehead atoms. The minimum Gasteiger partial charge on any atom is -0.354 e. The fourth-order valence-corrected chi connectivity index (χ4v) is 4.33. The Hall–Kier alpha value is -2.63. The monoisotopic (exact) mass is 543 g/mol. The maximum atomic E-state index is 12.3. The van der Waals surface area contributed by atoms with Gasteiger partial charge in [0.1, 0.15) is 5.92 Å². The Kier molecular flexibility index (Phi) is 10.1. The number of anilines is 2. The second-order valence-corrected chi connectivity index (χ2v) is 10.8. The number of sulfone groups is 1. The third-order valence-corrected chi connectivity index (χ3v) is 6.34. The summed E-state index contributed by atoms with van der Waals surface area (Å²) in [4.78, 5) is 47.9. The molecule has 3 rings (SSSR count). The van der Waals surface area contributed by atoms with Gasteiger partial charge >= 0.3 is 0 Å². The minimum atomic E-state index is -3.44. The highest BCUT2D eigenvalue weighted by atomic mass is 35.5. The first kappa shape index (κ1) is 28.6. The maximum Gasteiger partial charge on any atom is 0.228 e. The number of hydrogen-bond donors (Lipinski definition) is 2. The van der Waals surface area contributed by atoms with Gasteiger partial charge in [0.2, 0.25) is 17.2 Å². The van der Waals surface area contributed by atoms with E-state index in [-0.39, 0.29) is 39.6 Å². The molecule has 10 nitrogen and oxygen atoms in total. The lowest BCUT2D eigenvalue weighted by molar-refractivity contribution is -0.133. The average molecular weight is 544 g/mol. The van der Waals surface area contributed by atoms with E-state index < -0.39 is 33.1 Å². The summed E-state index contributed by atoms with van der Waals surface area (Å²) in [5.41, 5.74) is -0.00216. The van der Waals surface area contributed by atoms with Crippen LogP contribution in [0.2, 0.25) is 10.3 Å². The van der Waals surface area contributed by atoms with Crippen LogP contribution in [-0.2, 0) is 19.4 Å². The Bertz CT molecular complexity index is 1200. The largest absolute Gasteiger partial charge is 0.354 e. The molecule has 1 aliphatic rings. The number of carbonyl (C=O) groups excluding carboxylic acids is 3. The van der Waals surface area contributed by atoms with Crippen molar-refractivity contribution in [2.24, 2.45) is 5.92 Å². The van der Waals surface area contributed by atoms with Crippen molar-refractivity contribution in [3.63, 3.8) is 0 Å². The number of hydrogen-bond acceptors (Lipinski definition) is 10. The number of carbonyl (C=O) groups is 3. The van der Waals surface area contributed by atoms with E-state index in [1.807, 2.05) is 20.8 Å². The summed E-state index contributed by atoms with van der Waals surface area (Å²) in [6.45, 7) is 6.73. The quantitative estimate of drug-likeness (QED) is 0.391. The van der Waals surface area contributed by atoms with Gasteiger partial charge in [-0.1, -0.05) is 11.6 Å². The number of ketones is 3. The van der Waals surface area contributed by atoms with Crippen LogP contribution in [-0.4, -0.2) is 59.6 Å². The van der Waals surface area contributed by atoms with E-state index in [1.165, 1.54) is 12.1 Å². The Morgan fingerprint density at radius 3 is 2.20 bits per heavy atom. The van der Waals surface area contributed by atoms with Crippen LogP contribution in [0.3, 0.4) is 0 Å². The van der Waals surface area contributed by atoms with Crippen molar-refractivity contribution in [1.82, 2.24) is 15.0 Å². The van der Waals surface area contributed by atoms with E-state index in [9.17, 15) is 22.8 Å². The zero-order chi connectivity index (χ0) is 26.3.